The maximum absolute atomic E-state index is 10.6. The average molecular weight is 486 g/mol. The van der Waals surface area contributed by atoms with Crippen molar-refractivity contribution in [2.24, 2.45) is 0 Å². The Bertz CT molecular complexity index is 563. The summed E-state index contributed by atoms with van der Waals surface area (Å²) in [4.78, 5) is 0. The molecule has 0 aromatic heterocycles. The summed E-state index contributed by atoms with van der Waals surface area (Å²) >= 11 is 0. The Kier molecular flexibility index (Phi) is 7.86. The standard InChI is InChI=1S/C18H30O15/c19-1-4-13-7(22)10(25)16(28-4)32-14-5(2-20)30-18(12(27)9(14)24)33-15-6(3-21)29-17(31-13)11(26)8(15)23/h4-27H,1-3H2/t4?,5?,6?,7-,8-,9?,10?,11?,12+,13+,14+,15+,16+,17+,18+/m0/s1. The molecular formula is C18H30O15. The third kappa shape index (κ3) is 4.53. The zero-order valence-electron chi connectivity index (χ0n) is 17.3. The van der Waals surface area contributed by atoms with E-state index in [9.17, 15) is 46.0 Å². The van der Waals surface area contributed by atoms with Crippen LogP contribution in [0.25, 0.3) is 0 Å². The molecule has 9 aliphatic rings. The summed E-state index contributed by atoms with van der Waals surface area (Å²) in [6.07, 6.45) is -24.1. The number of ether oxygens (including phenoxy) is 6. The van der Waals surface area contributed by atoms with Crippen molar-refractivity contribution in [3.05, 3.63) is 0 Å². The van der Waals surface area contributed by atoms with Crippen molar-refractivity contribution >= 4 is 0 Å². The lowest BCUT2D eigenvalue weighted by Gasteiger charge is -2.46. The van der Waals surface area contributed by atoms with Crippen LogP contribution in [-0.2, 0) is 28.4 Å². The minimum absolute atomic E-state index is 0.743. The molecule has 33 heavy (non-hydrogen) atoms. The van der Waals surface area contributed by atoms with Crippen LogP contribution in [0.1, 0.15) is 0 Å². The molecule has 15 nitrogen and oxygen atoms in total. The molecule has 15 heteroatoms. The Hall–Kier alpha value is -0.600. The summed E-state index contributed by atoms with van der Waals surface area (Å²) in [6, 6.07) is 0. The average Bonchev–Trinajstić information content (AvgIpc) is 2.82. The Morgan fingerprint density at radius 2 is 0.606 bits per heavy atom. The zero-order valence-corrected chi connectivity index (χ0v) is 17.3. The van der Waals surface area contributed by atoms with E-state index in [4.69, 9.17) is 28.4 Å². The fraction of sp³-hybridized carbons (Fsp3) is 1.00. The summed E-state index contributed by atoms with van der Waals surface area (Å²) in [5, 5.41) is 92.8. The minimum Gasteiger partial charge on any atom is -0.394 e. The van der Waals surface area contributed by atoms with E-state index in [2.05, 4.69) is 0 Å². The number of hydrogen-bond acceptors (Lipinski definition) is 15. The molecule has 6 unspecified atom stereocenters. The van der Waals surface area contributed by atoms with Gasteiger partial charge >= 0.3 is 0 Å². The second kappa shape index (κ2) is 10.2. The van der Waals surface area contributed by atoms with E-state index in [1.165, 1.54) is 0 Å². The summed E-state index contributed by atoms with van der Waals surface area (Å²) in [7, 11) is 0. The first-order chi connectivity index (χ1) is 15.7. The Morgan fingerprint density at radius 3 is 0.818 bits per heavy atom. The molecule has 9 aliphatic heterocycles. The lowest BCUT2D eigenvalue weighted by molar-refractivity contribution is -0.364. The quantitative estimate of drug-likeness (QED) is 0.180. The Morgan fingerprint density at radius 1 is 0.364 bits per heavy atom. The number of aliphatic hydroxyl groups is 9. The summed E-state index contributed by atoms with van der Waals surface area (Å²) < 4.78 is 33.1. The maximum Gasteiger partial charge on any atom is 0.187 e. The van der Waals surface area contributed by atoms with Crippen LogP contribution in [-0.4, -0.2) is 158 Å². The van der Waals surface area contributed by atoms with Gasteiger partial charge in [0.05, 0.1) is 19.8 Å². The molecule has 0 aromatic rings. The molecule has 0 radical (unpaired) electrons. The third-order valence-corrected chi connectivity index (χ3v) is 6.34. The SMILES string of the molecule is OCC1O[C@@H]2O[C@@H]3C(CO)O[C@H](O[C@@H]4C(CO)O[C@H](O[C@H]1C(O)[C@H]2O)C(O)[C@@H]4O)C(O)[C@@H]3O. The molecule has 0 amide bonds. The highest BCUT2D eigenvalue weighted by molar-refractivity contribution is 4.98. The van der Waals surface area contributed by atoms with Gasteiger partial charge in [-0.15, -0.1) is 0 Å². The van der Waals surface area contributed by atoms with Crippen molar-refractivity contribution < 1.29 is 74.4 Å². The van der Waals surface area contributed by atoms with Crippen LogP contribution in [0.4, 0.5) is 0 Å². The third-order valence-electron chi connectivity index (χ3n) is 6.34. The highest BCUT2D eigenvalue weighted by Gasteiger charge is 2.56. The van der Waals surface area contributed by atoms with E-state index < -0.39 is 112 Å². The number of rotatable bonds is 3. The predicted molar refractivity (Wildman–Crippen MR) is 97.9 cm³/mol. The van der Waals surface area contributed by atoms with Crippen molar-refractivity contribution in [1.29, 1.82) is 0 Å². The second-order valence-electron chi connectivity index (χ2n) is 8.42. The lowest BCUT2D eigenvalue weighted by Crippen LogP contribution is -2.65. The first kappa shape index (κ1) is 25.5. The van der Waals surface area contributed by atoms with Gasteiger partial charge in [0.1, 0.15) is 73.2 Å². The summed E-state index contributed by atoms with van der Waals surface area (Å²) in [5.74, 6) is 0. The van der Waals surface area contributed by atoms with Gasteiger partial charge in [-0.3, -0.25) is 0 Å². The van der Waals surface area contributed by atoms with Crippen molar-refractivity contribution in [1.82, 2.24) is 0 Å². The van der Waals surface area contributed by atoms with Crippen molar-refractivity contribution in [3.8, 4) is 0 Å². The normalized spacial score (nSPS) is 55.4. The smallest absolute Gasteiger partial charge is 0.187 e. The van der Waals surface area contributed by atoms with Gasteiger partial charge in [0.25, 0.3) is 0 Å². The molecule has 9 rings (SSSR count). The molecule has 15 atom stereocenters. The van der Waals surface area contributed by atoms with E-state index in [1.54, 1.807) is 0 Å². The van der Waals surface area contributed by atoms with Gasteiger partial charge in [-0.2, -0.15) is 0 Å². The predicted octanol–water partition coefficient (Wildman–Crippen LogP) is -6.53. The molecule has 192 valence electrons. The molecule has 0 spiro atoms. The number of hydrogen-bond donors (Lipinski definition) is 9. The van der Waals surface area contributed by atoms with Crippen LogP contribution in [0.5, 0.6) is 0 Å². The van der Waals surface area contributed by atoms with Crippen molar-refractivity contribution in [2.45, 2.75) is 92.1 Å². The van der Waals surface area contributed by atoms with Crippen LogP contribution in [0.2, 0.25) is 0 Å². The fourth-order valence-electron chi connectivity index (χ4n) is 4.46. The van der Waals surface area contributed by atoms with Gasteiger partial charge in [-0.1, -0.05) is 0 Å². The van der Waals surface area contributed by atoms with E-state index in [0.29, 0.717) is 0 Å². The molecule has 6 bridgehead atoms. The number of aliphatic hydroxyl groups excluding tert-OH is 9. The highest BCUT2D eigenvalue weighted by Crippen LogP contribution is 2.35. The van der Waals surface area contributed by atoms with E-state index in [1.807, 2.05) is 0 Å². The molecular weight excluding hydrogens is 456 g/mol. The molecule has 9 heterocycles. The molecule has 0 saturated carbocycles. The molecule has 0 aliphatic carbocycles. The Labute approximate surface area is 187 Å². The van der Waals surface area contributed by atoms with Crippen LogP contribution in [0, 0.1) is 0 Å². The van der Waals surface area contributed by atoms with Crippen LogP contribution in [0.15, 0.2) is 0 Å². The largest absolute Gasteiger partial charge is 0.394 e. The molecule has 9 fully saturated rings. The van der Waals surface area contributed by atoms with E-state index in [-0.39, 0.29) is 0 Å². The minimum atomic E-state index is -1.81. The van der Waals surface area contributed by atoms with Gasteiger partial charge in [-0.05, 0) is 0 Å². The van der Waals surface area contributed by atoms with Crippen LogP contribution >= 0.6 is 0 Å². The lowest BCUT2D eigenvalue weighted by atomic mass is 9.97. The van der Waals surface area contributed by atoms with E-state index >= 15 is 0 Å². The van der Waals surface area contributed by atoms with Gasteiger partial charge in [-0.25, -0.2) is 0 Å². The van der Waals surface area contributed by atoms with Gasteiger partial charge in [0, 0.05) is 0 Å². The highest BCUT2D eigenvalue weighted by atomic mass is 16.8. The first-order valence-corrected chi connectivity index (χ1v) is 10.6. The van der Waals surface area contributed by atoms with Gasteiger partial charge in [0.15, 0.2) is 18.9 Å². The van der Waals surface area contributed by atoms with Gasteiger partial charge in [0.2, 0.25) is 0 Å². The topological polar surface area (TPSA) is 237 Å². The van der Waals surface area contributed by atoms with Crippen molar-refractivity contribution in [2.75, 3.05) is 19.8 Å². The van der Waals surface area contributed by atoms with Crippen molar-refractivity contribution in [3.63, 3.8) is 0 Å². The molecule has 0 aromatic carbocycles. The van der Waals surface area contributed by atoms with Gasteiger partial charge < -0.3 is 74.4 Å². The monoisotopic (exact) mass is 486 g/mol. The summed E-state index contributed by atoms with van der Waals surface area (Å²) in [5.41, 5.74) is 0. The van der Waals surface area contributed by atoms with E-state index in [0.717, 1.165) is 0 Å². The fourth-order valence-corrected chi connectivity index (χ4v) is 4.46. The van der Waals surface area contributed by atoms with Crippen LogP contribution < -0.4 is 0 Å². The maximum atomic E-state index is 10.6. The Balaban J connectivity index is 1.75. The summed E-state index contributed by atoms with van der Waals surface area (Å²) in [6.45, 7) is -2.23. The second-order valence-corrected chi connectivity index (χ2v) is 8.42. The zero-order chi connectivity index (χ0) is 24.0. The van der Waals surface area contributed by atoms with Crippen LogP contribution in [0.3, 0.4) is 0 Å². The first-order valence-electron chi connectivity index (χ1n) is 10.6. The molecule has 9 N–H and O–H groups in total. The molecule has 9 saturated heterocycles.